The molecular weight excluding hydrogens is 240 g/mol. The molecule has 0 bridgehead atoms. The third-order valence-electron chi connectivity index (χ3n) is 2.96. The molecule has 0 saturated carbocycles. The number of aliphatic hydroxyl groups excluding tert-OH is 1. The van der Waals surface area contributed by atoms with E-state index in [9.17, 15) is 0 Å². The van der Waals surface area contributed by atoms with Gasteiger partial charge in [0.15, 0.2) is 0 Å². The van der Waals surface area contributed by atoms with Crippen molar-refractivity contribution in [2.75, 3.05) is 29.5 Å². The van der Waals surface area contributed by atoms with Crippen LogP contribution in [0.1, 0.15) is 5.56 Å². The van der Waals surface area contributed by atoms with Crippen LogP contribution in [0.25, 0.3) is 11.1 Å². The average molecular weight is 258 g/mol. The molecule has 19 heavy (non-hydrogen) atoms. The highest BCUT2D eigenvalue weighted by Crippen LogP contribution is 2.33. The normalized spacial score (nSPS) is 10.6. The van der Waals surface area contributed by atoms with Crippen molar-refractivity contribution in [3.05, 3.63) is 35.9 Å². The molecule has 0 atom stereocenters. The van der Waals surface area contributed by atoms with E-state index in [1.165, 1.54) is 0 Å². The molecule has 0 fully saturated rings. The van der Waals surface area contributed by atoms with Gasteiger partial charge in [-0.1, -0.05) is 0 Å². The van der Waals surface area contributed by atoms with Crippen LogP contribution >= 0.6 is 0 Å². The molecule has 0 heterocycles. The summed E-state index contributed by atoms with van der Waals surface area (Å²) >= 11 is 0. The summed E-state index contributed by atoms with van der Waals surface area (Å²) in [5.41, 5.74) is 28.2. The van der Waals surface area contributed by atoms with Crippen molar-refractivity contribution in [2.45, 2.75) is 6.42 Å². The van der Waals surface area contributed by atoms with Gasteiger partial charge in [0.2, 0.25) is 0 Å². The van der Waals surface area contributed by atoms with E-state index >= 15 is 0 Å². The lowest BCUT2D eigenvalue weighted by Gasteiger charge is -2.14. The van der Waals surface area contributed by atoms with Gasteiger partial charge in [0.25, 0.3) is 0 Å². The number of nitrogen functional groups attached to an aromatic ring is 4. The van der Waals surface area contributed by atoms with Crippen molar-refractivity contribution < 1.29 is 5.11 Å². The second kappa shape index (κ2) is 5.07. The van der Waals surface area contributed by atoms with Crippen LogP contribution in [-0.4, -0.2) is 11.7 Å². The summed E-state index contributed by atoms with van der Waals surface area (Å²) in [6.45, 7) is 0.0128. The van der Waals surface area contributed by atoms with Crippen LogP contribution in [0.2, 0.25) is 0 Å². The van der Waals surface area contributed by atoms with E-state index in [0.29, 0.717) is 29.2 Å². The fraction of sp³-hybridized carbons (Fsp3) is 0.143. The van der Waals surface area contributed by atoms with Gasteiger partial charge in [0.1, 0.15) is 0 Å². The first kappa shape index (κ1) is 13.0. The predicted octanol–water partition coefficient (Wildman–Crippen LogP) is 1.22. The lowest BCUT2D eigenvalue weighted by molar-refractivity contribution is 0.300. The third kappa shape index (κ3) is 2.71. The highest BCUT2D eigenvalue weighted by Gasteiger charge is 2.11. The minimum atomic E-state index is 0.0128. The second-order valence-electron chi connectivity index (χ2n) is 4.50. The maximum atomic E-state index is 9.16. The number of hydrogen-bond donors (Lipinski definition) is 5. The van der Waals surface area contributed by atoms with E-state index in [0.717, 1.165) is 16.7 Å². The van der Waals surface area contributed by atoms with Gasteiger partial charge in [-0.15, -0.1) is 0 Å². The van der Waals surface area contributed by atoms with Gasteiger partial charge >= 0.3 is 0 Å². The maximum Gasteiger partial charge on any atom is 0.0472 e. The zero-order chi connectivity index (χ0) is 14.0. The Labute approximate surface area is 111 Å². The summed E-state index contributed by atoms with van der Waals surface area (Å²) in [7, 11) is 0. The minimum absolute atomic E-state index is 0.0128. The Balaban J connectivity index is 2.65. The molecule has 0 amide bonds. The standard InChI is InChI=1S/C14H18N4O/c15-9-3-8(4-10(16)5-9)13-6-11(17)7-14(18)12(13)1-2-19/h3-7,19H,1-2,15-18H2. The largest absolute Gasteiger partial charge is 0.399 e. The molecule has 2 aromatic rings. The smallest absolute Gasteiger partial charge is 0.0472 e. The van der Waals surface area contributed by atoms with E-state index in [1.54, 1.807) is 12.1 Å². The first-order valence-electron chi connectivity index (χ1n) is 5.96. The van der Waals surface area contributed by atoms with Crippen LogP contribution < -0.4 is 22.9 Å². The number of rotatable bonds is 3. The van der Waals surface area contributed by atoms with Crippen LogP contribution in [0.5, 0.6) is 0 Å². The number of anilines is 4. The summed E-state index contributed by atoms with van der Waals surface area (Å²) < 4.78 is 0. The van der Waals surface area contributed by atoms with Crippen LogP contribution in [0.3, 0.4) is 0 Å². The summed E-state index contributed by atoms with van der Waals surface area (Å²) in [5, 5.41) is 9.16. The monoisotopic (exact) mass is 258 g/mol. The average Bonchev–Trinajstić information content (AvgIpc) is 2.31. The van der Waals surface area contributed by atoms with Gasteiger partial charge in [0, 0.05) is 29.4 Å². The molecule has 0 aliphatic rings. The summed E-state index contributed by atoms with van der Waals surface area (Å²) in [6.07, 6.45) is 0.455. The number of benzene rings is 2. The SMILES string of the molecule is Nc1cc(N)cc(-c2cc(N)cc(N)c2CCO)c1. The highest BCUT2D eigenvalue weighted by atomic mass is 16.2. The molecule has 0 aliphatic heterocycles. The van der Waals surface area contributed by atoms with E-state index < -0.39 is 0 Å². The number of aliphatic hydroxyl groups is 1. The van der Waals surface area contributed by atoms with E-state index in [-0.39, 0.29) is 6.61 Å². The molecule has 0 radical (unpaired) electrons. The van der Waals surface area contributed by atoms with Gasteiger partial charge in [0.05, 0.1) is 0 Å². The number of nitrogens with two attached hydrogens (primary N) is 4. The second-order valence-corrected chi connectivity index (χ2v) is 4.50. The molecule has 5 nitrogen and oxygen atoms in total. The van der Waals surface area contributed by atoms with Crippen LogP contribution in [0, 0.1) is 0 Å². The molecular formula is C14H18N4O. The van der Waals surface area contributed by atoms with E-state index in [2.05, 4.69) is 0 Å². The first-order chi connectivity index (χ1) is 9.01. The Morgan fingerprint density at radius 1 is 0.789 bits per heavy atom. The molecule has 0 aromatic heterocycles. The van der Waals surface area contributed by atoms with Crippen LogP contribution in [0.15, 0.2) is 30.3 Å². The Bertz CT molecular complexity index is 590. The maximum absolute atomic E-state index is 9.16. The van der Waals surface area contributed by atoms with Gasteiger partial charge in [-0.3, -0.25) is 0 Å². The quantitative estimate of drug-likeness (QED) is 0.529. The fourth-order valence-electron chi connectivity index (χ4n) is 2.20. The third-order valence-corrected chi connectivity index (χ3v) is 2.96. The van der Waals surface area contributed by atoms with Crippen LogP contribution in [0.4, 0.5) is 22.7 Å². The summed E-state index contributed by atoms with van der Waals surface area (Å²) in [6, 6.07) is 8.81. The molecule has 5 heteroatoms. The minimum Gasteiger partial charge on any atom is -0.399 e. The Hall–Kier alpha value is -2.40. The van der Waals surface area contributed by atoms with Gasteiger partial charge < -0.3 is 28.0 Å². The van der Waals surface area contributed by atoms with Crippen LogP contribution in [-0.2, 0) is 6.42 Å². The molecule has 0 unspecified atom stereocenters. The van der Waals surface area contributed by atoms with Crippen molar-refractivity contribution >= 4 is 22.7 Å². The molecule has 9 N–H and O–H groups in total. The van der Waals surface area contributed by atoms with Gasteiger partial charge in [-0.05, 0) is 53.4 Å². The van der Waals surface area contributed by atoms with Gasteiger partial charge in [-0.25, -0.2) is 0 Å². The fourth-order valence-corrected chi connectivity index (χ4v) is 2.20. The summed E-state index contributed by atoms with van der Waals surface area (Å²) in [4.78, 5) is 0. The Kier molecular flexibility index (Phi) is 3.48. The van der Waals surface area contributed by atoms with Gasteiger partial charge in [-0.2, -0.15) is 0 Å². The molecule has 0 saturated heterocycles. The zero-order valence-electron chi connectivity index (χ0n) is 10.6. The van der Waals surface area contributed by atoms with Crippen molar-refractivity contribution in [3.63, 3.8) is 0 Å². The molecule has 0 aliphatic carbocycles. The van der Waals surface area contributed by atoms with Crippen molar-refractivity contribution in [2.24, 2.45) is 0 Å². The Morgan fingerprint density at radius 3 is 1.95 bits per heavy atom. The topological polar surface area (TPSA) is 124 Å². The molecule has 100 valence electrons. The van der Waals surface area contributed by atoms with E-state index in [4.69, 9.17) is 28.0 Å². The molecule has 2 rings (SSSR count). The van der Waals surface area contributed by atoms with Crippen molar-refractivity contribution in [1.82, 2.24) is 0 Å². The zero-order valence-corrected chi connectivity index (χ0v) is 10.6. The first-order valence-corrected chi connectivity index (χ1v) is 5.96. The lowest BCUT2D eigenvalue weighted by atomic mass is 9.95. The molecule has 0 spiro atoms. The highest BCUT2D eigenvalue weighted by molar-refractivity contribution is 5.81. The number of hydrogen-bond acceptors (Lipinski definition) is 5. The molecule has 2 aromatic carbocycles. The van der Waals surface area contributed by atoms with Crippen molar-refractivity contribution in [1.29, 1.82) is 0 Å². The Morgan fingerprint density at radius 2 is 1.37 bits per heavy atom. The van der Waals surface area contributed by atoms with Crippen molar-refractivity contribution in [3.8, 4) is 11.1 Å². The summed E-state index contributed by atoms with van der Waals surface area (Å²) in [5.74, 6) is 0. The lowest BCUT2D eigenvalue weighted by Crippen LogP contribution is -2.03. The van der Waals surface area contributed by atoms with E-state index in [1.807, 2.05) is 18.2 Å². The predicted molar refractivity (Wildman–Crippen MR) is 80.3 cm³/mol.